The van der Waals surface area contributed by atoms with Crippen LogP contribution in [0.4, 0.5) is 28.4 Å². The minimum atomic E-state index is -0.126. The fourth-order valence-corrected chi connectivity index (χ4v) is 12.8. The molecule has 1 aliphatic carbocycles. The Morgan fingerprint density at radius 1 is 0.537 bits per heavy atom. The SMILES string of the molecule is Cc1cc2c3c(c1)N(c1cc4c(cc1C)C(C)(C)CCC4(C)C)c1cc4c(cc1B3N1c3ccccc3C(C)(C)c3cccc-2c31)Sc1ccccc1S4. The topological polar surface area (TPSA) is 6.48 Å². The maximum atomic E-state index is 2.73. The number of rotatable bonds is 1. The number of aryl methyl sites for hydroxylation is 2. The lowest BCUT2D eigenvalue weighted by Crippen LogP contribution is -2.63. The first-order chi connectivity index (χ1) is 25.8. The summed E-state index contributed by atoms with van der Waals surface area (Å²) in [6.45, 7) is 19.3. The Bertz CT molecular complexity index is 2650. The van der Waals surface area contributed by atoms with Gasteiger partial charge in [-0.2, -0.15) is 0 Å². The summed E-state index contributed by atoms with van der Waals surface area (Å²) in [6.07, 6.45) is 2.40. The first kappa shape index (κ1) is 33.1. The summed E-state index contributed by atoms with van der Waals surface area (Å²) < 4.78 is 0. The van der Waals surface area contributed by atoms with Gasteiger partial charge in [-0.25, -0.2) is 0 Å². The second-order valence-electron chi connectivity index (χ2n) is 18.2. The highest BCUT2D eigenvalue weighted by Crippen LogP contribution is 2.58. The van der Waals surface area contributed by atoms with E-state index in [0.717, 1.165) is 0 Å². The van der Waals surface area contributed by atoms with E-state index in [2.05, 4.69) is 168 Å². The molecule has 0 N–H and O–H groups in total. The smallest absolute Gasteiger partial charge is 0.333 e. The molecular weight excluding hydrogens is 691 g/mol. The Balaban J connectivity index is 1.26. The molecule has 11 rings (SSSR count). The van der Waals surface area contributed by atoms with Crippen molar-refractivity contribution >= 4 is 69.7 Å². The Hall–Kier alpha value is -4.32. The van der Waals surface area contributed by atoms with E-state index < -0.39 is 0 Å². The quantitative estimate of drug-likeness (QED) is 0.155. The van der Waals surface area contributed by atoms with Crippen molar-refractivity contribution in [3.63, 3.8) is 0 Å². The molecule has 4 heterocycles. The summed E-state index contributed by atoms with van der Waals surface area (Å²) in [5.74, 6) is 0. The van der Waals surface area contributed by atoms with Crippen LogP contribution in [-0.2, 0) is 16.2 Å². The van der Waals surface area contributed by atoms with Crippen LogP contribution in [0, 0.1) is 13.8 Å². The molecule has 0 saturated carbocycles. The Kier molecular flexibility index (Phi) is 6.69. The number of fused-ring (bicyclic) bond motifs is 9. The van der Waals surface area contributed by atoms with Gasteiger partial charge in [-0.15, -0.1) is 0 Å². The third-order valence-electron chi connectivity index (χ3n) is 13.5. The van der Waals surface area contributed by atoms with Gasteiger partial charge in [-0.05, 0) is 130 Å². The molecule has 6 aromatic rings. The van der Waals surface area contributed by atoms with Crippen molar-refractivity contribution < 1.29 is 0 Å². The van der Waals surface area contributed by atoms with E-state index >= 15 is 0 Å². The van der Waals surface area contributed by atoms with Crippen molar-refractivity contribution in [1.82, 2.24) is 0 Å². The standard InChI is InChI=1S/C49H45BN2S2/c1-28-22-31-30-14-13-16-33-46(30)52(37-17-10-9-15-32(37)49(33,7)8)50-36-26-43-44(54-42-19-12-11-18-41(42)53-43)27-39(36)51(40(23-28)45(31)50)38-25-35-34(24-29(38)2)47(3,4)20-21-48(35,5)6/h9-19,22-27H,20-21H2,1-8H3. The molecule has 5 heteroatoms. The van der Waals surface area contributed by atoms with Gasteiger partial charge in [0.2, 0.25) is 0 Å². The van der Waals surface area contributed by atoms with E-state index in [1.165, 1.54) is 116 Å². The van der Waals surface area contributed by atoms with Crippen LogP contribution in [0.2, 0.25) is 0 Å². The first-order valence-electron chi connectivity index (χ1n) is 19.6. The normalized spacial score (nSPS) is 18.4. The van der Waals surface area contributed by atoms with Crippen LogP contribution in [0.1, 0.15) is 87.8 Å². The van der Waals surface area contributed by atoms with Crippen LogP contribution in [0.3, 0.4) is 0 Å². The van der Waals surface area contributed by atoms with Gasteiger partial charge in [-0.1, -0.05) is 126 Å². The zero-order chi connectivity index (χ0) is 37.1. The van der Waals surface area contributed by atoms with E-state index in [-0.39, 0.29) is 23.1 Å². The predicted molar refractivity (Wildman–Crippen MR) is 232 cm³/mol. The predicted octanol–water partition coefficient (Wildman–Crippen LogP) is 12.6. The van der Waals surface area contributed by atoms with Crippen molar-refractivity contribution in [1.29, 1.82) is 0 Å². The first-order valence-corrected chi connectivity index (χ1v) is 21.2. The summed E-state index contributed by atoms with van der Waals surface area (Å²) >= 11 is 3.86. The van der Waals surface area contributed by atoms with Crippen molar-refractivity contribution in [3.8, 4) is 11.1 Å². The summed E-state index contributed by atoms with van der Waals surface area (Å²) in [5, 5.41) is 0. The lowest BCUT2D eigenvalue weighted by molar-refractivity contribution is 0.332. The molecule has 5 aliphatic rings. The minimum absolute atomic E-state index is 0.0223. The van der Waals surface area contributed by atoms with Crippen molar-refractivity contribution in [3.05, 3.63) is 137 Å². The van der Waals surface area contributed by atoms with Crippen molar-refractivity contribution in [2.75, 3.05) is 9.71 Å². The Labute approximate surface area is 329 Å². The molecule has 0 amide bonds. The van der Waals surface area contributed by atoms with Gasteiger partial charge in [0, 0.05) is 59.0 Å². The fourth-order valence-electron chi connectivity index (χ4n) is 10.5. The molecule has 0 saturated heterocycles. The van der Waals surface area contributed by atoms with Crippen LogP contribution >= 0.6 is 23.5 Å². The third-order valence-corrected chi connectivity index (χ3v) is 16.0. The highest BCUT2D eigenvalue weighted by molar-refractivity contribution is 8.05. The van der Waals surface area contributed by atoms with Crippen molar-refractivity contribution in [2.45, 2.75) is 104 Å². The Morgan fingerprint density at radius 2 is 1.19 bits per heavy atom. The molecule has 0 aromatic heterocycles. The van der Waals surface area contributed by atoms with Gasteiger partial charge >= 0.3 is 6.85 Å². The van der Waals surface area contributed by atoms with Gasteiger partial charge in [0.1, 0.15) is 0 Å². The van der Waals surface area contributed by atoms with Gasteiger partial charge in [-0.3, -0.25) is 0 Å². The molecule has 266 valence electrons. The molecule has 0 fully saturated rings. The molecule has 4 aliphatic heterocycles. The molecule has 6 aromatic carbocycles. The highest BCUT2D eigenvalue weighted by atomic mass is 32.2. The van der Waals surface area contributed by atoms with Gasteiger partial charge in [0.15, 0.2) is 0 Å². The lowest BCUT2D eigenvalue weighted by Gasteiger charge is -2.51. The largest absolute Gasteiger partial charge is 0.376 e. The molecule has 0 atom stereocenters. The maximum Gasteiger partial charge on any atom is 0.333 e. The molecule has 2 nitrogen and oxygen atoms in total. The number of benzene rings is 6. The fraction of sp³-hybridized carbons (Fsp3) is 0.265. The van der Waals surface area contributed by atoms with Crippen LogP contribution in [0.5, 0.6) is 0 Å². The monoisotopic (exact) mass is 736 g/mol. The minimum Gasteiger partial charge on any atom is -0.376 e. The zero-order valence-corrected chi connectivity index (χ0v) is 34.2. The molecule has 54 heavy (non-hydrogen) atoms. The molecule has 0 unspecified atom stereocenters. The third kappa shape index (κ3) is 4.34. The summed E-state index contributed by atoms with van der Waals surface area (Å²) in [5.41, 5.74) is 20.7. The summed E-state index contributed by atoms with van der Waals surface area (Å²) in [7, 11) is 0. The molecule has 0 spiro atoms. The van der Waals surface area contributed by atoms with E-state index in [4.69, 9.17) is 0 Å². The maximum absolute atomic E-state index is 2.73. The second-order valence-corrected chi connectivity index (χ2v) is 20.3. The lowest BCUT2D eigenvalue weighted by atomic mass is 9.42. The van der Waals surface area contributed by atoms with E-state index in [9.17, 15) is 0 Å². The molecule has 0 radical (unpaired) electrons. The number of hydrogen-bond acceptors (Lipinski definition) is 4. The number of para-hydroxylation sites is 2. The van der Waals surface area contributed by atoms with Crippen LogP contribution < -0.4 is 20.6 Å². The van der Waals surface area contributed by atoms with E-state index in [1.54, 1.807) is 0 Å². The highest BCUT2D eigenvalue weighted by Gasteiger charge is 2.50. The number of hydrogen-bond donors (Lipinski definition) is 0. The van der Waals surface area contributed by atoms with Gasteiger partial charge < -0.3 is 9.71 Å². The van der Waals surface area contributed by atoms with Gasteiger partial charge in [0.25, 0.3) is 0 Å². The van der Waals surface area contributed by atoms with Crippen LogP contribution in [0.15, 0.2) is 123 Å². The second kappa shape index (κ2) is 10.9. The van der Waals surface area contributed by atoms with Gasteiger partial charge in [0.05, 0.1) is 0 Å². The number of nitrogens with zero attached hydrogens (tertiary/aromatic N) is 2. The van der Waals surface area contributed by atoms with E-state index in [1.807, 2.05) is 23.5 Å². The molecular formula is C49H45BN2S2. The van der Waals surface area contributed by atoms with Crippen LogP contribution in [0.25, 0.3) is 11.1 Å². The van der Waals surface area contributed by atoms with Crippen LogP contribution in [-0.4, -0.2) is 6.85 Å². The number of anilines is 5. The van der Waals surface area contributed by atoms with Crippen molar-refractivity contribution in [2.24, 2.45) is 0 Å². The average molecular weight is 737 g/mol. The summed E-state index contributed by atoms with van der Waals surface area (Å²) in [6, 6.07) is 40.4. The zero-order valence-electron chi connectivity index (χ0n) is 32.5. The average Bonchev–Trinajstić information content (AvgIpc) is 3.15. The van der Waals surface area contributed by atoms with E-state index in [0.29, 0.717) is 0 Å². The molecule has 0 bridgehead atoms. The summed E-state index contributed by atoms with van der Waals surface area (Å²) in [4.78, 5) is 10.8. The Morgan fingerprint density at radius 3 is 1.93 bits per heavy atom.